The maximum Gasteiger partial charge on any atom is 0.211 e. The predicted molar refractivity (Wildman–Crippen MR) is 59.3 cm³/mol. The van der Waals surface area contributed by atoms with Gasteiger partial charge in [-0.05, 0) is 31.3 Å². The van der Waals surface area contributed by atoms with Crippen LogP contribution >= 0.6 is 0 Å². The lowest BCUT2D eigenvalue weighted by Crippen LogP contribution is -1.91. The lowest BCUT2D eigenvalue weighted by Gasteiger charge is -1.95. The summed E-state index contributed by atoms with van der Waals surface area (Å²) in [5.41, 5.74) is 5.17. The molecule has 0 aliphatic rings. The van der Waals surface area contributed by atoms with Gasteiger partial charge in [-0.3, -0.25) is 4.79 Å². The van der Waals surface area contributed by atoms with Gasteiger partial charge in [-0.1, -0.05) is 13.8 Å². The molecule has 0 aliphatic carbocycles. The van der Waals surface area contributed by atoms with Crippen LogP contribution in [0.25, 0.3) is 0 Å². The third kappa shape index (κ3) is 7.12. The highest BCUT2D eigenvalue weighted by atomic mass is 16.3. The van der Waals surface area contributed by atoms with Crippen molar-refractivity contribution in [2.45, 2.75) is 13.8 Å². The van der Waals surface area contributed by atoms with E-state index in [1.165, 1.54) is 19.2 Å². The van der Waals surface area contributed by atoms with Gasteiger partial charge in [-0.25, -0.2) is 0 Å². The van der Waals surface area contributed by atoms with E-state index in [-0.39, 0.29) is 5.75 Å². The van der Waals surface area contributed by atoms with Gasteiger partial charge in [0.15, 0.2) is 0 Å². The molecule has 0 saturated carbocycles. The summed E-state index contributed by atoms with van der Waals surface area (Å²) < 4.78 is 0. The van der Waals surface area contributed by atoms with Crippen molar-refractivity contribution in [3.63, 3.8) is 0 Å². The molecule has 0 heterocycles. The minimum absolute atomic E-state index is 0.191. The first-order valence-corrected chi connectivity index (χ1v) is 4.40. The van der Waals surface area contributed by atoms with E-state index in [2.05, 4.69) is 11.1 Å². The molecule has 0 aliphatic heterocycles. The number of rotatable bonds is 2. The van der Waals surface area contributed by atoms with Crippen LogP contribution in [0.15, 0.2) is 24.3 Å². The third-order valence-electron chi connectivity index (χ3n) is 1.09. The Labute approximate surface area is 84.7 Å². The lowest BCUT2D eigenvalue weighted by atomic mass is 10.3. The van der Waals surface area contributed by atoms with Gasteiger partial charge in [0.2, 0.25) is 6.41 Å². The van der Waals surface area contributed by atoms with Crippen LogP contribution in [0.4, 0.5) is 5.69 Å². The Kier molecular flexibility index (Phi) is 12.2. The smallest absolute Gasteiger partial charge is 0.211 e. The molecule has 0 bridgehead atoms. The average Bonchev–Trinajstić information content (AvgIpc) is 2.28. The quantitative estimate of drug-likeness (QED) is 0.498. The molecule has 0 spiro atoms. The van der Waals surface area contributed by atoms with Crippen molar-refractivity contribution in [1.29, 1.82) is 0 Å². The molecule has 0 saturated heterocycles. The maximum atomic E-state index is 9.89. The van der Waals surface area contributed by atoms with Crippen molar-refractivity contribution in [3.8, 4) is 5.75 Å². The highest BCUT2D eigenvalue weighted by Crippen LogP contribution is 2.12. The van der Waals surface area contributed by atoms with Crippen molar-refractivity contribution >= 4 is 12.1 Å². The Hall–Kier alpha value is -1.55. The Morgan fingerprint density at radius 3 is 2.00 bits per heavy atom. The predicted octanol–water partition coefficient (Wildman–Crippen LogP) is 1.56. The van der Waals surface area contributed by atoms with Gasteiger partial charge in [0.05, 0.1) is 0 Å². The molecular weight excluding hydrogens is 180 g/mol. The Bertz CT molecular complexity index is 222. The summed E-state index contributed by atoms with van der Waals surface area (Å²) in [6.07, 6.45) is 0.590. The first kappa shape index (κ1) is 14.9. The van der Waals surface area contributed by atoms with Crippen LogP contribution in [-0.2, 0) is 4.79 Å². The van der Waals surface area contributed by atoms with Gasteiger partial charge < -0.3 is 16.2 Å². The highest BCUT2D eigenvalue weighted by Gasteiger charge is 1.87. The second kappa shape index (κ2) is 11.4. The van der Waals surface area contributed by atoms with Gasteiger partial charge in [-0.15, -0.1) is 0 Å². The molecule has 0 fully saturated rings. The molecule has 80 valence electrons. The largest absolute Gasteiger partial charge is 0.508 e. The highest BCUT2D eigenvalue weighted by molar-refractivity contribution is 5.71. The van der Waals surface area contributed by atoms with Crippen LogP contribution in [0.5, 0.6) is 5.75 Å². The molecule has 0 atom stereocenters. The summed E-state index contributed by atoms with van der Waals surface area (Å²) in [7, 11) is 1.50. The van der Waals surface area contributed by atoms with E-state index >= 15 is 0 Å². The molecule has 0 radical (unpaired) electrons. The Balaban J connectivity index is 0. The SMILES string of the molecule is CC.CN.O=CNc1ccc(O)cc1. The summed E-state index contributed by atoms with van der Waals surface area (Å²) >= 11 is 0. The minimum atomic E-state index is 0.191. The molecule has 14 heavy (non-hydrogen) atoms. The van der Waals surface area contributed by atoms with Crippen molar-refractivity contribution in [3.05, 3.63) is 24.3 Å². The number of nitrogens with one attached hydrogen (secondary N) is 1. The fourth-order valence-electron chi connectivity index (χ4n) is 0.626. The van der Waals surface area contributed by atoms with Crippen LogP contribution in [0, 0.1) is 0 Å². The summed E-state index contributed by atoms with van der Waals surface area (Å²) in [6.45, 7) is 4.00. The van der Waals surface area contributed by atoms with Crippen molar-refractivity contribution < 1.29 is 9.90 Å². The fourth-order valence-corrected chi connectivity index (χ4v) is 0.626. The molecule has 1 amide bonds. The number of anilines is 1. The first-order valence-electron chi connectivity index (χ1n) is 4.40. The topological polar surface area (TPSA) is 75.4 Å². The van der Waals surface area contributed by atoms with E-state index in [9.17, 15) is 4.79 Å². The van der Waals surface area contributed by atoms with E-state index in [1.54, 1.807) is 12.1 Å². The molecular formula is C10H18N2O2. The number of benzene rings is 1. The normalized spacial score (nSPS) is 7.14. The van der Waals surface area contributed by atoms with Crippen LogP contribution in [0.3, 0.4) is 0 Å². The van der Waals surface area contributed by atoms with E-state index < -0.39 is 0 Å². The van der Waals surface area contributed by atoms with Crippen LogP contribution in [-0.4, -0.2) is 18.6 Å². The zero-order chi connectivity index (χ0) is 11.4. The number of aromatic hydroxyl groups is 1. The monoisotopic (exact) mass is 198 g/mol. The van der Waals surface area contributed by atoms with Crippen LogP contribution in [0.1, 0.15) is 13.8 Å². The van der Waals surface area contributed by atoms with Gasteiger partial charge in [0.25, 0.3) is 0 Å². The molecule has 4 heteroatoms. The van der Waals surface area contributed by atoms with E-state index in [0.717, 1.165) is 0 Å². The minimum Gasteiger partial charge on any atom is -0.508 e. The molecule has 0 unspecified atom stereocenters. The standard InChI is InChI=1S/C7H7NO2.C2H6.CH5N/c9-5-8-6-1-3-7(10)4-2-6;2*1-2/h1-5,10H,(H,8,9);1-2H3;2H2,1H3. The zero-order valence-corrected chi connectivity index (χ0v) is 8.82. The summed E-state index contributed by atoms with van der Waals surface area (Å²) in [5, 5.41) is 11.3. The van der Waals surface area contributed by atoms with Gasteiger partial charge >= 0.3 is 0 Å². The zero-order valence-electron chi connectivity index (χ0n) is 8.82. The van der Waals surface area contributed by atoms with E-state index in [4.69, 9.17) is 5.11 Å². The number of phenols is 1. The second-order valence-electron chi connectivity index (χ2n) is 1.81. The maximum absolute atomic E-state index is 9.89. The number of hydrogen-bond acceptors (Lipinski definition) is 3. The fraction of sp³-hybridized carbons (Fsp3) is 0.300. The summed E-state index contributed by atoms with van der Waals surface area (Å²) in [5.74, 6) is 0.191. The number of carbonyl (C=O) groups excluding carboxylic acids is 1. The molecule has 4 N–H and O–H groups in total. The van der Waals surface area contributed by atoms with E-state index in [0.29, 0.717) is 12.1 Å². The van der Waals surface area contributed by atoms with Crippen molar-refractivity contribution in [2.75, 3.05) is 12.4 Å². The number of hydrogen-bond donors (Lipinski definition) is 3. The van der Waals surface area contributed by atoms with Crippen LogP contribution in [0.2, 0.25) is 0 Å². The Morgan fingerprint density at radius 1 is 1.21 bits per heavy atom. The second-order valence-corrected chi connectivity index (χ2v) is 1.81. The molecule has 1 aromatic rings. The van der Waals surface area contributed by atoms with Crippen LogP contribution < -0.4 is 11.1 Å². The Morgan fingerprint density at radius 2 is 1.64 bits per heavy atom. The summed E-state index contributed by atoms with van der Waals surface area (Å²) in [6, 6.07) is 6.24. The number of phenolic OH excluding ortho intramolecular Hbond substituents is 1. The summed E-state index contributed by atoms with van der Waals surface area (Å²) in [4.78, 5) is 9.89. The molecule has 1 rings (SSSR count). The number of amides is 1. The van der Waals surface area contributed by atoms with E-state index in [1.807, 2.05) is 13.8 Å². The van der Waals surface area contributed by atoms with Gasteiger partial charge in [0.1, 0.15) is 5.75 Å². The molecule has 0 aromatic heterocycles. The first-order chi connectivity index (χ1) is 6.83. The van der Waals surface area contributed by atoms with Crippen molar-refractivity contribution in [2.24, 2.45) is 5.73 Å². The lowest BCUT2D eigenvalue weighted by molar-refractivity contribution is -0.105. The van der Waals surface area contributed by atoms with Gasteiger partial charge in [0, 0.05) is 5.69 Å². The van der Waals surface area contributed by atoms with Gasteiger partial charge in [-0.2, -0.15) is 0 Å². The number of carbonyl (C=O) groups is 1. The molecule has 4 nitrogen and oxygen atoms in total. The third-order valence-corrected chi connectivity index (χ3v) is 1.09. The van der Waals surface area contributed by atoms with Crippen molar-refractivity contribution in [1.82, 2.24) is 0 Å². The average molecular weight is 198 g/mol. The molecule has 1 aromatic carbocycles. The number of nitrogens with two attached hydrogens (primary N) is 1.